The third kappa shape index (κ3) is 3.53. The first kappa shape index (κ1) is 10.2. The number of hydrogen-bond acceptors (Lipinski definition) is 3. The van der Waals surface area contributed by atoms with Crippen molar-refractivity contribution in [3.8, 4) is 0 Å². The Labute approximate surface area is 78.6 Å². The maximum absolute atomic E-state index is 4.75. The van der Waals surface area contributed by atoms with Crippen molar-refractivity contribution in [1.29, 1.82) is 0 Å². The Bertz CT molecular complexity index is 233. The molecule has 0 aliphatic carbocycles. The van der Waals surface area contributed by atoms with Crippen LogP contribution in [0.5, 0.6) is 0 Å². The lowest BCUT2D eigenvalue weighted by Gasteiger charge is -2.01. The third-order valence-corrected chi connectivity index (χ3v) is 1.85. The molecule has 72 valence electrons. The lowest BCUT2D eigenvalue weighted by atomic mass is 10.2. The van der Waals surface area contributed by atoms with Crippen LogP contribution in [-0.2, 0) is 22.6 Å². The molecular weight excluding hydrogens is 166 g/mol. The summed E-state index contributed by atoms with van der Waals surface area (Å²) in [4.78, 5) is 13.5. The molecule has 0 spiro atoms. The van der Waals surface area contributed by atoms with E-state index < -0.39 is 0 Å². The van der Waals surface area contributed by atoms with Gasteiger partial charge in [0.2, 0.25) is 0 Å². The van der Waals surface area contributed by atoms with Gasteiger partial charge in [-0.05, 0) is 18.1 Å². The number of aryl methyl sites for hydroxylation is 1. The topological polar surface area (TPSA) is 31.4 Å². The van der Waals surface area contributed by atoms with Crippen LogP contribution in [-0.4, -0.2) is 18.7 Å². The quantitative estimate of drug-likeness (QED) is 0.394. The maximum Gasteiger partial charge on any atom is 0.0877 e. The fourth-order valence-electron chi connectivity index (χ4n) is 1.04. The van der Waals surface area contributed by atoms with Crippen LogP contribution >= 0.6 is 0 Å². The van der Waals surface area contributed by atoms with Gasteiger partial charge in [-0.25, -0.2) is 9.78 Å². The Balaban J connectivity index is 2.40. The van der Waals surface area contributed by atoms with Crippen LogP contribution in [0, 0.1) is 0 Å². The second kappa shape index (κ2) is 5.67. The van der Waals surface area contributed by atoms with Crippen molar-refractivity contribution in [2.24, 2.45) is 0 Å². The molecule has 0 atom stereocenters. The highest BCUT2D eigenvalue weighted by atomic mass is 17.2. The van der Waals surface area contributed by atoms with E-state index in [1.807, 2.05) is 12.3 Å². The zero-order chi connectivity index (χ0) is 9.52. The van der Waals surface area contributed by atoms with E-state index >= 15 is 0 Å². The lowest BCUT2D eigenvalue weighted by Crippen LogP contribution is -1.99. The van der Waals surface area contributed by atoms with Gasteiger partial charge in [0, 0.05) is 18.3 Å². The predicted octanol–water partition coefficient (Wildman–Crippen LogP) is 1.76. The molecular formula is C10H15NO2. The highest BCUT2D eigenvalue weighted by molar-refractivity contribution is 5.13. The van der Waals surface area contributed by atoms with Crippen molar-refractivity contribution in [1.82, 2.24) is 4.98 Å². The van der Waals surface area contributed by atoms with Gasteiger partial charge in [-0.15, -0.1) is 0 Å². The maximum atomic E-state index is 4.75. The van der Waals surface area contributed by atoms with Crippen molar-refractivity contribution in [3.05, 3.63) is 29.6 Å². The molecule has 1 aromatic rings. The first-order chi connectivity index (χ1) is 6.36. The second-order valence-electron chi connectivity index (χ2n) is 2.75. The van der Waals surface area contributed by atoms with Gasteiger partial charge in [-0.2, -0.15) is 0 Å². The van der Waals surface area contributed by atoms with Crippen LogP contribution in [0.2, 0.25) is 0 Å². The van der Waals surface area contributed by atoms with Crippen molar-refractivity contribution >= 4 is 0 Å². The Kier molecular flexibility index (Phi) is 4.43. The van der Waals surface area contributed by atoms with E-state index in [0.29, 0.717) is 6.61 Å². The van der Waals surface area contributed by atoms with E-state index in [9.17, 15) is 0 Å². The molecule has 13 heavy (non-hydrogen) atoms. The standard InChI is InChI=1S/C10H15NO2/c1-3-9-4-5-10(11-8-9)6-7-13-12-2/h4-5,8H,3,6-7H2,1-2H3. The molecule has 3 heteroatoms. The van der Waals surface area contributed by atoms with Gasteiger partial charge in [0.25, 0.3) is 0 Å². The van der Waals surface area contributed by atoms with E-state index in [1.165, 1.54) is 12.7 Å². The Hall–Kier alpha value is -0.930. The summed E-state index contributed by atoms with van der Waals surface area (Å²) in [5.41, 5.74) is 2.30. The molecule has 1 rings (SSSR count). The van der Waals surface area contributed by atoms with Gasteiger partial charge in [0.05, 0.1) is 13.7 Å². The van der Waals surface area contributed by atoms with Gasteiger partial charge in [0.15, 0.2) is 0 Å². The van der Waals surface area contributed by atoms with Gasteiger partial charge in [-0.1, -0.05) is 13.0 Å². The van der Waals surface area contributed by atoms with Crippen LogP contribution in [0.1, 0.15) is 18.2 Å². The molecule has 0 aliphatic heterocycles. The zero-order valence-corrected chi connectivity index (χ0v) is 8.12. The first-order valence-corrected chi connectivity index (χ1v) is 4.46. The summed E-state index contributed by atoms with van der Waals surface area (Å²) in [5.74, 6) is 0. The fraction of sp³-hybridized carbons (Fsp3) is 0.500. The summed E-state index contributed by atoms with van der Waals surface area (Å²) in [7, 11) is 1.51. The zero-order valence-electron chi connectivity index (χ0n) is 8.12. The molecule has 1 aromatic heterocycles. The minimum atomic E-state index is 0.551. The minimum Gasteiger partial charge on any atom is -0.261 e. The molecule has 3 nitrogen and oxygen atoms in total. The number of nitrogens with zero attached hydrogens (tertiary/aromatic N) is 1. The monoisotopic (exact) mass is 181 g/mol. The third-order valence-electron chi connectivity index (χ3n) is 1.85. The van der Waals surface area contributed by atoms with Crippen molar-refractivity contribution < 1.29 is 9.78 Å². The van der Waals surface area contributed by atoms with Crippen molar-refractivity contribution in [2.45, 2.75) is 19.8 Å². The molecule has 0 saturated heterocycles. The van der Waals surface area contributed by atoms with E-state index in [-0.39, 0.29) is 0 Å². The highest BCUT2D eigenvalue weighted by Crippen LogP contribution is 2.01. The summed E-state index contributed by atoms with van der Waals surface area (Å²) < 4.78 is 0. The van der Waals surface area contributed by atoms with Gasteiger partial charge >= 0.3 is 0 Å². The summed E-state index contributed by atoms with van der Waals surface area (Å²) in [6.07, 6.45) is 3.72. The van der Waals surface area contributed by atoms with Crippen molar-refractivity contribution in [2.75, 3.05) is 13.7 Å². The predicted molar refractivity (Wildman–Crippen MR) is 50.3 cm³/mol. The van der Waals surface area contributed by atoms with Gasteiger partial charge in [0.1, 0.15) is 0 Å². The molecule has 0 saturated carbocycles. The van der Waals surface area contributed by atoms with E-state index in [0.717, 1.165) is 18.5 Å². The summed E-state index contributed by atoms with van der Waals surface area (Å²) in [5, 5.41) is 0. The minimum absolute atomic E-state index is 0.551. The second-order valence-corrected chi connectivity index (χ2v) is 2.75. The molecule has 0 radical (unpaired) electrons. The molecule has 0 fully saturated rings. The number of rotatable bonds is 5. The average molecular weight is 181 g/mol. The average Bonchev–Trinajstić information content (AvgIpc) is 2.19. The molecule has 0 aliphatic rings. The summed E-state index contributed by atoms with van der Waals surface area (Å²) in [6.45, 7) is 2.67. The number of hydrogen-bond donors (Lipinski definition) is 0. The Morgan fingerprint density at radius 1 is 1.38 bits per heavy atom. The highest BCUT2D eigenvalue weighted by Gasteiger charge is 1.95. The largest absolute Gasteiger partial charge is 0.261 e. The smallest absolute Gasteiger partial charge is 0.0877 e. The summed E-state index contributed by atoms with van der Waals surface area (Å²) in [6, 6.07) is 4.12. The number of aromatic nitrogens is 1. The Morgan fingerprint density at radius 3 is 2.77 bits per heavy atom. The fourth-order valence-corrected chi connectivity index (χ4v) is 1.04. The van der Waals surface area contributed by atoms with E-state index in [2.05, 4.69) is 22.9 Å². The Morgan fingerprint density at radius 2 is 2.23 bits per heavy atom. The SMILES string of the molecule is CCc1ccc(CCOOC)nc1. The molecule has 1 heterocycles. The first-order valence-electron chi connectivity index (χ1n) is 4.46. The van der Waals surface area contributed by atoms with E-state index in [4.69, 9.17) is 4.89 Å². The molecule has 0 N–H and O–H groups in total. The number of pyridine rings is 1. The normalized spacial score (nSPS) is 10.3. The van der Waals surface area contributed by atoms with E-state index in [1.54, 1.807) is 0 Å². The van der Waals surface area contributed by atoms with Crippen LogP contribution < -0.4 is 0 Å². The van der Waals surface area contributed by atoms with Crippen LogP contribution in [0.25, 0.3) is 0 Å². The van der Waals surface area contributed by atoms with Crippen LogP contribution in [0.3, 0.4) is 0 Å². The molecule has 0 aromatic carbocycles. The molecule has 0 bridgehead atoms. The van der Waals surface area contributed by atoms with Gasteiger partial charge in [-0.3, -0.25) is 4.98 Å². The van der Waals surface area contributed by atoms with Crippen LogP contribution in [0.4, 0.5) is 0 Å². The molecule has 0 unspecified atom stereocenters. The summed E-state index contributed by atoms with van der Waals surface area (Å²) >= 11 is 0. The molecule has 0 amide bonds. The lowest BCUT2D eigenvalue weighted by molar-refractivity contribution is -0.271. The van der Waals surface area contributed by atoms with Crippen LogP contribution in [0.15, 0.2) is 18.3 Å². The van der Waals surface area contributed by atoms with Crippen molar-refractivity contribution in [3.63, 3.8) is 0 Å². The van der Waals surface area contributed by atoms with Gasteiger partial charge < -0.3 is 0 Å².